The minimum atomic E-state index is -0.938. The SMILES string of the molecule is O=C(CC1=CCCCC1)NC1(C(=O)O)CC1. The average Bonchev–Trinajstić information content (AvgIpc) is 3.00. The Labute approximate surface area is 94.7 Å². The minimum absolute atomic E-state index is 0.145. The van der Waals surface area contributed by atoms with Gasteiger partial charge in [-0.05, 0) is 38.5 Å². The molecule has 0 spiro atoms. The van der Waals surface area contributed by atoms with Crippen molar-refractivity contribution in [1.29, 1.82) is 0 Å². The summed E-state index contributed by atoms with van der Waals surface area (Å²) < 4.78 is 0. The summed E-state index contributed by atoms with van der Waals surface area (Å²) in [5, 5.41) is 11.6. The van der Waals surface area contributed by atoms with Gasteiger partial charge in [0, 0.05) is 6.42 Å². The number of hydrogen-bond donors (Lipinski definition) is 2. The van der Waals surface area contributed by atoms with Gasteiger partial charge in [0.25, 0.3) is 0 Å². The maximum absolute atomic E-state index is 11.7. The summed E-state index contributed by atoms with van der Waals surface area (Å²) in [6, 6.07) is 0. The number of carbonyl (C=O) groups is 2. The van der Waals surface area contributed by atoms with Gasteiger partial charge in [-0.2, -0.15) is 0 Å². The summed E-state index contributed by atoms with van der Waals surface area (Å²) in [7, 11) is 0. The highest BCUT2D eigenvalue weighted by molar-refractivity contribution is 5.90. The lowest BCUT2D eigenvalue weighted by Crippen LogP contribution is -2.43. The zero-order valence-electron chi connectivity index (χ0n) is 9.29. The van der Waals surface area contributed by atoms with Crippen molar-refractivity contribution in [1.82, 2.24) is 5.32 Å². The standard InChI is InChI=1S/C12H17NO3/c14-10(8-9-4-2-1-3-5-9)13-12(6-7-12)11(15)16/h4H,1-3,5-8H2,(H,13,14)(H,15,16). The van der Waals surface area contributed by atoms with Gasteiger partial charge in [-0.3, -0.25) is 4.79 Å². The van der Waals surface area contributed by atoms with Crippen molar-refractivity contribution in [3.05, 3.63) is 11.6 Å². The van der Waals surface area contributed by atoms with Crippen LogP contribution >= 0.6 is 0 Å². The van der Waals surface area contributed by atoms with Crippen LogP contribution in [0.5, 0.6) is 0 Å². The second-order valence-electron chi connectivity index (χ2n) is 4.72. The number of nitrogens with one attached hydrogen (secondary N) is 1. The second-order valence-corrected chi connectivity index (χ2v) is 4.72. The summed E-state index contributed by atoms with van der Waals surface area (Å²) >= 11 is 0. The van der Waals surface area contributed by atoms with Gasteiger partial charge < -0.3 is 10.4 Å². The van der Waals surface area contributed by atoms with Gasteiger partial charge >= 0.3 is 5.97 Å². The Morgan fingerprint density at radius 1 is 1.38 bits per heavy atom. The number of carboxylic acids is 1. The zero-order valence-corrected chi connectivity index (χ0v) is 9.29. The maximum Gasteiger partial charge on any atom is 0.329 e. The van der Waals surface area contributed by atoms with Crippen molar-refractivity contribution in [3.63, 3.8) is 0 Å². The molecule has 1 fully saturated rings. The molecule has 2 rings (SSSR count). The maximum atomic E-state index is 11.7. The number of allylic oxidation sites excluding steroid dienone is 1. The Morgan fingerprint density at radius 2 is 2.12 bits per heavy atom. The van der Waals surface area contributed by atoms with E-state index in [4.69, 9.17) is 5.11 Å². The zero-order chi connectivity index (χ0) is 11.6. The van der Waals surface area contributed by atoms with Crippen LogP contribution in [0.1, 0.15) is 44.9 Å². The predicted molar refractivity (Wildman–Crippen MR) is 58.9 cm³/mol. The number of hydrogen-bond acceptors (Lipinski definition) is 2. The first kappa shape index (κ1) is 11.2. The lowest BCUT2D eigenvalue weighted by Gasteiger charge is -2.15. The summed E-state index contributed by atoms with van der Waals surface area (Å²) in [5.41, 5.74) is 0.219. The van der Waals surface area contributed by atoms with Gasteiger partial charge in [-0.25, -0.2) is 4.79 Å². The first-order valence-electron chi connectivity index (χ1n) is 5.85. The molecule has 0 aromatic heterocycles. The van der Waals surface area contributed by atoms with E-state index in [1.165, 1.54) is 6.42 Å². The second kappa shape index (κ2) is 4.28. The van der Waals surface area contributed by atoms with Crippen LogP contribution in [0.15, 0.2) is 11.6 Å². The van der Waals surface area contributed by atoms with Crippen LogP contribution in [-0.4, -0.2) is 22.5 Å². The molecule has 0 aromatic rings. The van der Waals surface area contributed by atoms with E-state index in [-0.39, 0.29) is 5.91 Å². The molecule has 1 amide bonds. The Kier molecular flexibility index (Phi) is 2.99. The molecular weight excluding hydrogens is 206 g/mol. The molecule has 0 atom stereocenters. The Hall–Kier alpha value is -1.32. The van der Waals surface area contributed by atoms with Crippen LogP contribution in [0.3, 0.4) is 0 Å². The van der Waals surface area contributed by atoms with Crippen LogP contribution in [0.25, 0.3) is 0 Å². The molecule has 0 unspecified atom stereocenters. The van der Waals surface area contributed by atoms with Crippen LogP contribution in [0.2, 0.25) is 0 Å². The molecule has 88 valence electrons. The van der Waals surface area contributed by atoms with Crippen LogP contribution in [0, 0.1) is 0 Å². The third kappa shape index (κ3) is 2.43. The fourth-order valence-corrected chi connectivity index (χ4v) is 2.10. The Balaban J connectivity index is 1.85. The number of aliphatic carboxylic acids is 1. The molecule has 0 aliphatic heterocycles. The highest BCUT2D eigenvalue weighted by Gasteiger charge is 2.51. The van der Waals surface area contributed by atoms with Crippen molar-refractivity contribution in [2.75, 3.05) is 0 Å². The summed E-state index contributed by atoms with van der Waals surface area (Å²) in [5.74, 6) is -1.05. The molecule has 2 aliphatic rings. The molecule has 1 saturated carbocycles. The lowest BCUT2D eigenvalue weighted by atomic mass is 9.97. The van der Waals surface area contributed by atoms with E-state index in [9.17, 15) is 9.59 Å². The van der Waals surface area contributed by atoms with Gasteiger partial charge in [0.2, 0.25) is 5.91 Å². The van der Waals surface area contributed by atoms with Crippen LogP contribution in [-0.2, 0) is 9.59 Å². The smallest absolute Gasteiger partial charge is 0.329 e. The van der Waals surface area contributed by atoms with E-state index in [0.29, 0.717) is 19.3 Å². The van der Waals surface area contributed by atoms with E-state index in [1.54, 1.807) is 0 Å². The number of rotatable bonds is 4. The molecule has 0 radical (unpaired) electrons. The molecule has 4 heteroatoms. The molecule has 0 aromatic carbocycles. The van der Waals surface area contributed by atoms with Gasteiger partial charge in [0.05, 0.1) is 0 Å². The largest absolute Gasteiger partial charge is 0.480 e. The normalized spacial score (nSPS) is 22.1. The van der Waals surface area contributed by atoms with Crippen molar-refractivity contribution in [3.8, 4) is 0 Å². The third-order valence-electron chi connectivity index (χ3n) is 3.31. The number of carboxylic acid groups (broad SMARTS) is 1. The van der Waals surface area contributed by atoms with Gasteiger partial charge in [0.1, 0.15) is 5.54 Å². The van der Waals surface area contributed by atoms with Crippen molar-refractivity contribution in [2.45, 2.75) is 50.5 Å². The fraction of sp³-hybridized carbons (Fsp3) is 0.667. The molecule has 4 nitrogen and oxygen atoms in total. The van der Waals surface area contributed by atoms with E-state index in [1.807, 2.05) is 0 Å². The van der Waals surface area contributed by atoms with E-state index in [2.05, 4.69) is 11.4 Å². The highest BCUT2D eigenvalue weighted by atomic mass is 16.4. The average molecular weight is 223 g/mol. The van der Waals surface area contributed by atoms with E-state index >= 15 is 0 Å². The molecular formula is C12H17NO3. The molecule has 0 bridgehead atoms. The molecule has 2 N–H and O–H groups in total. The third-order valence-corrected chi connectivity index (χ3v) is 3.31. The summed E-state index contributed by atoms with van der Waals surface area (Å²) in [4.78, 5) is 22.5. The Morgan fingerprint density at radius 3 is 2.62 bits per heavy atom. The van der Waals surface area contributed by atoms with E-state index in [0.717, 1.165) is 24.8 Å². The number of carbonyl (C=O) groups excluding carboxylic acids is 1. The number of amides is 1. The summed E-state index contributed by atoms with van der Waals surface area (Å²) in [6.45, 7) is 0. The lowest BCUT2D eigenvalue weighted by molar-refractivity contribution is -0.143. The molecule has 0 heterocycles. The quantitative estimate of drug-likeness (QED) is 0.711. The molecule has 2 aliphatic carbocycles. The van der Waals surface area contributed by atoms with Crippen LogP contribution in [0.4, 0.5) is 0 Å². The van der Waals surface area contributed by atoms with Crippen molar-refractivity contribution in [2.24, 2.45) is 0 Å². The first-order chi connectivity index (χ1) is 7.62. The minimum Gasteiger partial charge on any atom is -0.480 e. The van der Waals surface area contributed by atoms with Gasteiger partial charge in [-0.15, -0.1) is 0 Å². The van der Waals surface area contributed by atoms with Gasteiger partial charge in [0.15, 0.2) is 0 Å². The fourth-order valence-electron chi connectivity index (χ4n) is 2.10. The van der Waals surface area contributed by atoms with E-state index < -0.39 is 11.5 Å². The first-order valence-corrected chi connectivity index (χ1v) is 5.85. The van der Waals surface area contributed by atoms with Crippen molar-refractivity contribution < 1.29 is 14.7 Å². The monoisotopic (exact) mass is 223 g/mol. The molecule has 0 saturated heterocycles. The van der Waals surface area contributed by atoms with Crippen LogP contribution < -0.4 is 5.32 Å². The van der Waals surface area contributed by atoms with Crippen molar-refractivity contribution >= 4 is 11.9 Å². The topological polar surface area (TPSA) is 66.4 Å². The summed E-state index contributed by atoms with van der Waals surface area (Å²) in [6.07, 6.45) is 7.98. The van der Waals surface area contributed by atoms with Gasteiger partial charge in [-0.1, -0.05) is 11.6 Å². The Bertz CT molecular complexity index is 342. The molecule has 16 heavy (non-hydrogen) atoms. The predicted octanol–water partition coefficient (Wildman–Crippen LogP) is 1.61. The highest BCUT2D eigenvalue weighted by Crippen LogP contribution is 2.35.